The maximum atomic E-state index is 4.51. The van der Waals surface area contributed by atoms with E-state index in [1.54, 1.807) is 0 Å². The smallest absolute Gasteiger partial charge is 0.114 e. The second-order valence-electron chi connectivity index (χ2n) is 4.01. The van der Waals surface area contributed by atoms with Crippen molar-refractivity contribution in [3.8, 4) is 0 Å². The van der Waals surface area contributed by atoms with Crippen LogP contribution in [0.1, 0.15) is 18.7 Å². The van der Waals surface area contributed by atoms with E-state index in [-0.39, 0.29) is 0 Å². The highest BCUT2D eigenvalue weighted by molar-refractivity contribution is 8.00. The zero-order valence-electron chi connectivity index (χ0n) is 8.60. The summed E-state index contributed by atoms with van der Waals surface area (Å²) in [6, 6.07) is 6.24. The fraction of sp³-hybridized carbons (Fsp3) is 0.417. The maximum Gasteiger partial charge on any atom is 0.114 e. The monoisotopic (exact) mass is 218 g/mol. The Morgan fingerprint density at radius 3 is 3.33 bits per heavy atom. The van der Waals surface area contributed by atoms with E-state index in [9.17, 15) is 0 Å². The minimum Gasteiger partial charge on any atom is -0.304 e. The lowest BCUT2D eigenvalue weighted by molar-refractivity contribution is 0.743. The summed E-state index contributed by atoms with van der Waals surface area (Å²) in [6.45, 7) is 0. The van der Waals surface area contributed by atoms with Crippen LogP contribution in [0, 0.1) is 0 Å². The Balaban J connectivity index is 1.90. The Hall–Kier alpha value is -0.960. The van der Waals surface area contributed by atoms with Gasteiger partial charge in [-0.25, -0.2) is 4.98 Å². The summed E-state index contributed by atoms with van der Waals surface area (Å²) >= 11 is 2.10. The van der Waals surface area contributed by atoms with Crippen molar-refractivity contribution >= 4 is 17.3 Å². The number of hydrogen-bond donors (Lipinski definition) is 0. The molecule has 1 aliphatic rings. The molecule has 2 nitrogen and oxygen atoms in total. The van der Waals surface area contributed by atoms with Gasteiger partial charge in [0.05, 0.1) is 11.7 Å². The highest BCUT2D eigenvalue weighted by atomic mass is 32.2. The van der Waals surface area contributed by atoms with Gasteiger partial charge in [0, 0.05) is 17.9 Å². The van der Waals surface area contributed by atoms with Crippen LogP contribution in [0.2, 0.25) is 0 Å². The molecule has 78 valence electrons. The summed E-state index contributed by atoms with van der Waals surface area (Å²) in [7, 11) is 0. The van der Waals surface area contributed by atoms with E-state index in [1.807, 2.05) is 6.20 Å². The Morgan fingerprint density at radius 2 is 2.47 bits per heavy atom. The Kier molecular flexibility index (Phi) is 2.41. The third-order valence-corrected chi connectivity index (χ3v) is 4.35. The van der Waals surface area contributed by atoms with Crippen molar-refractivity contribution in [2.24, 2.45) is 0 Å². The molecular formula is C12H14N2S. The highest BCUT2D eigenvalue weighted by Gasteiger charge is 2.17. The lowest BCUT2D eigenvalue weighted by atomic mass is 10.2. The fourth-order valence-electron chi connectivity index (χ4n) is 2.16. The molecule has 2 aromatic rings. The Bertz CT molecular complexity index is 457. The molecule has 0 saturated carbocycles. The molecular weight excluding hydrogens is 204 g/mol. The quantitative estimate of drug-likeness (QED) is 0.771. The average molecular weight is 218 g/mol. The van der Waals surface area contributed by atoms with Crippen molar-refractivity contribution in [2.75, 3.05) is 5.75 Å². The number of nitrogens with zero attached hydrogens (tertiary/aromatic N) is 2. The van der Waals surface area contributed by atoms with E-state index in [1.165, 1.54) is 29.9 Å². The predicted molar refractivity (Wildman–Crippen MR) is 64.4 cm³/mol. The molecule has 0 bridgehead atoms. The molecule has 0 amide bonds. The number of pyridine rings is 1. The first kappa shape index (κ1) is 9.28. The van der Waals surface area contributed by atoms with Gasteiger partial charge in [-0.05, 0) is 30.7 Å². The number of hydrogen-bond acceptors (Lipinski definition) is 2. The summed E-state index contributed by atoms with van der Waals surface area (Å²) in [5.41, 5.74) is 1.20. The average Bonchev–Trinajstić information content (AvgIpc) is 2.89. The van der Waals surface area contributed by atoms with Gasteiger partial charge in [0.1, 0.15) is 5.82 Å². The van der Waals surface area contributed by atoms with E-state index < -0.39 is 0 Å². The molecule has 0 aliphatic carbocycles. The second-order valence-corrected chi connectivity index (χ2v) is 5.42. The summed E-state index contributed by atoms with van der Waals surface area (Å²) in [5.74, 6) is 2.54. The van der Waals surface area contributed by atoms with Crippen molar-refractivity contribution in [3.63, 3.8) is 0 Å². The zero-order valence-corrected chi connectivity index (χ0v) is 9.41. The molecule has 1 aliphatic heterocycles. The van der Waals surface area contributed by atoms with Crippen molar-refractivity contribution in [1.82, 2.24) is 9.38 Å². The van der Waals surface area contributed by atoms with Crippen LogP contribution in [0.3, 0.4) is 0 Å². The number of fused-ring (bicyclic) bond motifs is 1. The normalized spacial score (nSPS) is 21.2. The lowest BCUT2D eigenvalue weighted by Gasteiger charge is -2.06. The van der Waals surface area contributed by atoms with Gasteiger partial charge in [-0.2, -0.15) is 11.8 Å². The maximum absolute atomic E-state index is 4.51. The van der Waals surface area contributed by atoms with Crippen LogP contribution in [-0.2, 0) is 6.42 Å². The van der Waals surface area contributed by atoms with E-state index in [0.717, 1.165) is 11.7 Å². The van der Waals surface area contributed by atoms with Crippen molar-refractivity contribution in [2.45, 2.75) is 24.5 Å². The minimum atomic E-state index is 0.788. The Labute approximate surface area is 93.7 Å². The summed E-state index contributed by atoms with van der Waals surface area (Å²) in [5, 5.41) is 0.788. The molecule has 0 radical (unpaired) electrons. The largest absolute Gasteiger partial charge is 0.304 e. The summed E-state index contributed by atoms with van der Waals surface area (Å²) < 4.78 is 2.21. The standard InChI is InChI=1S/C12H14N2S/c1-2-6-14-10(4-1)9-13-12(14)8-11-5-3-7-15-11/h1-2,4,6,9,11H,3,5,7-8H2. The van der Waals surface area contributed by atoms with Crippen molar-refractivity contribution in [1.29, 1.82) is 0 Å². The van der Waals surface area contributed by atoms with E-state index >= 15 is 0 Å². The first-order chi connectivity index (χ1) is 7.43. The third-order valence-electron chi connectivity index (χ3n) is 2.95. The molecule has 1 saturated heterocycles. The van der Waals surface area contributed by atoms with Crippen LogP contribution in [0.25, 0.3) is 5.52 Å². The van der Waals surface area contributed by atoms with Gasteiger partial charge in [0.15, 0.2) is 0 Å². The molecule has 0 spiro atoms. The lowest BCUT2D eigenvalue weighted by Crippen LogP contribution is -2.05. The number of imidazole rings is 1. The van der Waals surface area contributed by atoms with Crippen LogP contribution in [-0.4, -0.2) is 20.4 Å². The van der Waals surface area contributed by atoms with Gasteiger partial charge in [0.25, 0.3) is 0 Å². The highest BCUT2D eigenvalue weighted by Crippen LogP contribution is 2.28. The summed E-state index contributed by atoms with van der Waals surface area (Å²) in [6.07, 6.45) is 7.92. The molecule has 0 aromatic carbocycles. The molecule has 1 fully saturated rings. The minimum absolute atomic E-state index is 0.788. The summed E-state index contributed by atoms with van der Waals surface area (Å²) in [4.78, 5) is 4.51. The van der Waals surface area contributed by atoms with Gasteiger partial charge < -0.3 is 4.40 Å². The molecule has 3 rings (SSSR count). The third kappa shape index (κ3) is 1.76. The fourth-order valence-corrected chi connectivity index (χ4v) is 3.43. The van der Waals surface area contributed by atoms with E-state index in [4.69, 9.17) is 0 Å². The van der Waals surface area contributed by atoms with Crippen LogP contribution in [0.5, 0.6) is 0 Å². The van der Waals surface area contributed by atoms with E-state index in [2.05, 4.69) is 45.5 Å². The second kappa shape index (κ2) is 3.89. The topological polar surface area (TPSA) is 17.3 Å². The first-order valence-corrected chi connectivity index (χ1v) is 6.51. The molecule has 3 heteroatoms. The van der Waals surface area contributed by atoms with Gasteiger partial charge >= 0.3 is 0 Å². The van der Waals surface area contributed by atoms with Crippen LogP contribution >= 0.6 is 11.8 Å². The zero-order chi connectivity index (χ0) is 10.1. The molecule has 0 N–H and O–H groups in total. The predicted octanol–water partition coefficient (Wildman–Crippen LogP) is 2.77. The SMILES string of the molecule is c1ccn2c(CC3CCCS3)ncc2c1. The van der Waals surface area contributed by atoms with Crippen LogP contribution in [0.15, 0.2) is 30.6 Å². The first-order valence-electron chi connectivity index (χ1n) is 5.46. The molecule has 1 atom stereocenters. The number of aromatic nitrogens is 2. The molecule has 1 unspecified atom stereocenters. The van der Waals surface area contributed by atoms with Crippen molar-refractivity contribution in [3.05, 3.63) is 36.4 Å². The van der Waals surface area contributed by atoms with Crippen LogP contribution in [0.4, 0.5) is 0 Å². The van der Waals surface area contributed by atoms with Gasteiger partial charge in [-0.15, -0.1) is 0 Å². The van der Waals surface area contributed by atoms with Gasteiger partial charge in [-0.3, -0.25) is 0 Å². The number of rotatable bonds is 2. The number of thioether (sulfide) groups is 1. The van der Waals surface area contributed by atoms with Crippen LogP contribution < -0.4 is 0 Å². The molecule has 3 heterocycles. The van der Waals surface area contributed by atoms with Gasteiger partial charge in [0.2, 0.25) is 0 Å². The van der Waals surface area contributed by atoms with E-state index in [0.29, 0.717) is 0 Å². The van der Waals surface area contributed by atoms with Gasteiger partial charge in [-0.1, -0.05) is 6.07 Å². The molecule has 2 aromatic heterocycles. The molecule has 15 heavy (non-hydrogen) atoms. The van der Waals surface area contributed by atoms with Crippen molar-refractivity contribution < 1.29 is 0 Å². The Morgan fingerprint density at radius 1 is 1.47 bits per heavy atom.